The second-order valence-electron chi connectivity index (χ2n) is 3.37. The summed E-state index contributed by atoms with van der Waals surface area (Å²) in [6.45, 7) is 8.93. The predicted molar refractivity (Wildman–Crippen MR) is 75.1 cm³/mol. The monoisotopic (exact) mass is 276 g/mol. The summed E-state index contributed by atoms with van der Waals surface area (Å²) in [5.74, 6) is 0. The Morgan fingerprint density at radius 2 is 1.92 bits per heavy atom. The molecule has 1 atom stereocenters. The van der Waals surface area contributed by atoms with E-state index < -0.39 is 4.44 Å². The highest BCUT2D eigenvalue weighted by Crippen LogP contribution is 2.72. The molecule has 5 heteroatoms. The quantitative estimate of drug-likeness (QED) is 0.485. The molecule has 0 spiro atoms. The van der Waals surface area contributed by atoms with Crippen LogP contribution in [-0.2, 0) is 11.8 Å². The van der Waals surface area contributed by atoms with E-state index in [4.69, 9.17) is 23.4 Å². The van der Waals surface area contributed by atoms with Gasteiger partial charge in [-0.25, -0.2) is 0 Å². The van der Waals surface area contributed by atoms with Crippen molar-refractivity contribution in [3.63, 3.8) is 0 Å². The number of halogens is 1. The van der Waals surface area contributed by atoms with E-state index in [1.807, 2.05) is 11.4 Å². The van der Waals surface area contributed by atoms with E-state index in [1.165, 1.54) is 6.42 Å². The average molecular weight is 277 g/mol. The summed E-state index contributed by atoms with van der Waals surface area (Å²) in [4.78, 5) is 0. The third-order valence-corrected chi connectivity index (χ3v) is 14.4. The van der Waals surface area contributed by atoms with Crippen molar-refractivity contribution in [2.24, 2.45) is 0 Å². The summed E-state index contributed by atoms with van der Waals surface area (Å²) >= 11 is 15.2. The summed E-state index contributed by atoms with van der Waals surface area (Å²) in [7, 11) is 0. The molecule has 0 saturated heterocycles. The van der Waals surface area contributed by atoms with Gasteiger partial charge in [-0.15, -0.1) is 23.0 Å². The molecule has 0 nitrogen and oxygen atoms in total. The molecular weight excluding hydrogens is 259 g/mol. The van der Waals surface area contributed by atoms with E-state index in [0.717, 1.165) is 6.16 Å². The van der Waals surface area contributed by atoms with Crippen LogP contribution in [0.4, 0.5) is 0 Å². The smallest absolute Gasteiger partial charge is 0.0736 e. The van der Waals surface area contributed by atoms with Gasteiger partial charge in [0.25, 0.3) is 0 Å². The van der Waals surface area contributed by atoms with Crippen molar-refractivity contribution in [1.82, 2.24) is 0 Å². The highest BCUT2D eigenvalue weighted by Gasteiger charge is 2.26. The molecule has 0 aliphatic heterocycles. The van der Waals surface area contributed by atoms with E-state index in [1.54, 1.807) is 11.4 Å². The van der Waals surface area contributed by atoms with Crippen molar-refractivity contribution in [2.45, 2.75) is 38.9 Å². The van der Waals surface area contributed by atoms with E-state index in [0.29, 0.717) is 9.96 Å². The second kappa shape index (κ2) is 6.27. The van der Waals surface area contributed by atoms with E-state index in [-0.39, 0.29) is 0 Å². The van der Waals surface area contributed by atoms with Gasteiger partial charge in [-0.3, -0.25) is 0 Å². The summed E-state index contributed by atoms with van der Waals surface area (Å²) < 4.78 is -0.993. The van der Waals surface area contributed by atoms with Crippen LogP contribution in [0.2, 0.25) is 0 Å². The second-order valence-corrected chi connectivity index (χ2v) is 16.7. The maximum atomic E-state index is 5.75. The van der Waals surface area contributed by atoms with Crippen LogP contribution in [0.15, 0.2) is 0 Å². The number of hydrogen-bond acceptors (Lipinski definition) is 3. The zero-order chi connectivity index (χ0) is 10.5. The first-order valence-corrected chi connectivity index (χ1v) is 10.9. The molecule has 0 heterocycles. The van der Waals surface area contributed by atoms with Crippen LogP contribution in [0.25, 0.3) is 0 Å². The molecule has 0 aromatic heterocycles. The summed E-state index contributed by atoms with van der Waals surface area (Å²) in [6.07, 6.45) is 2.26. The van der Waals surface area contributed by atoms with Crippen LogP contribution in [-0.4, -0.2) is 16.1 Å². The highest BCUT2D eigenvalue weighted by molar-refractivity contribution is 9.00. The van der Waals surface area contributed by atoms with Crippen LogP contribution in [0.1, 0.15) is 34.1 Å². The summed E-state index contributed by atoms with van der Waals surface area (Å²) in [6, 6.07) is 0. The van der Waals surface area contributed by atoms with Crippen LogP contribution in [0, 0.1) is 0 Å². The largest absolute Gasteiger partial charge is 0.114 e. The predicted octanol–water partition coefficient (Wildman–Crippen LogP) is 5.17. The molecule has 0 N–H and O–H groups in total. The Labute approximate surface area is 100 Å². The van der Waals surface area contributed by atoms with Crippen molar-refractivity contribution < 1.29 is 0 Å². The van der Waals surface area contributed by atoms with Gasteiger partial charge in [-0.2, -0.15) is 0 Å². The molecular formula is C8H18ClPS3. The Bertz CT molecular complexity index is 194. The van der Waals surface area contributed by atoms with Gasteiger partial charge >= 0.3 is 0 Å². The average Bonchev–Trinajstić information content (AvgIpc) is 2.04. The molecule has 0 aliphatic carbocycles. The van der Waals surface area contributed by atoms with Crippen LogP contribution in [0.3, 0.4) is 0 Å². The van der Waals surface area contributed by atoms with Crippen molar-refractivity contribution in [3.05, 3.63) is 0 Å². The molecule has 1 unspecified atom stereocenters. The maximum absolute atomic E-state index is 5.75. The fourth-order valence-electron chi connectivity index (χ4n) is 0.698. The van der Waals surface area contributed by atoms with Gasteiger partial charge in [0, 0.05) is 4.75 Å². The van der Waals surface area contributed by atoms with Gasteiger partial charge < -0.3 is 0 Å². The molecule has 0 saturated carbocycles. The first-order valence-electron chi connectivity index (χ1n) is 4.39. The van der Waals surface area contributed by atoms with Gasteiger partial charge in [0.05, 0.1) is 9.65 Å². The zero-order valence-electron chi connectivity index (χ0n) is 8.67. The van der Waals surface area contributed by atoms with Gasteiger partial charge in [-0.05, 0) is 12.6 Å². The van der Waals surface area contributed by atoms with Crippen molar-refractivity contribution in [3.8, 4) is 0 Å². The van der Waals surface area contributed by atoms with Gasteiger partial charge in [0.2, 0.25) is 0 Å². The lowest BCUT2D eigenvalue weighted by molar-refractivity contribution is 0.690. The number of alkyl halides is 1. The van der Waals surface area contributed by atoms with Gasteiger partial charge in [0.1, 0.15) is 0 Å². The Morgan fingerprint density at radius 3 is 2.23 bits per heavy atom. The lowest BCUT2D eigenvalue weighted by Crippen LogP contribution is -2.11. The molecule has 0 aliphatic rings. The van der Waals surface area contributed by atoms with Crippen LogP contribution < -0.4 is 0 Å². The topological polar surface area (TPSA) is 0 Å². The normalized spacial score (nSPS) is 17.0. The first kappa shape index (κ1) is 14.6. The molecule has 0 radical (unpaired) electrons. The third-order valence-electron chi connectivity index (χ3n) is 1.87. The van der Waals surface area contributed by atoms with E-state index in [9.17, 15) is 0 Å². The fourth-order valence-corrected chi connectivity index (χ4v) is 13.9. The Hall–Kier alpha value is 1.64. The molecule has 0 bridgehead atoms. The van der Waals surface area contributed by atoms with Gasteiger partial charge in [-0.1, -0.05) is 50.9 Å². The zero-order valence-corrected chi connectivity index (χ0v) is 12.8. The lowest BCUT2D eigenvalue weighted by Gasteiger charge is -2.29. The minimum Gasteiger partial charge on any atom is -0.114 e. The van der Waals surface area contributed by atoms with Crippen molar-refractivity contribution >= 4 is 50.6 Å². The van der Waals surface area contributed by atoms with Crippen molar-refractivity contribution in [2.75, 3.05) is 11.4 Å². The van der Waals surface area contributed by atoms with Crippen LogP contribution >= 0.6 is 38.8 Å². The third kappa shape index (κ3) is 5.94. The minimum atomic E-state index is -1.30. The maximum Gasteiger partial charge on any atom is 0.0736 e. The standard InChI is InChI=1S/C8H18ClPS3/c1-5-8(3,4)13-10(11,6-2)12-7-9/h5-7H2,1-4H3. The summed E-state index contributed by atoms with van der Waals surface area (Å²) in [5.41, 5.74) is 0. The minimum absolute atomic E-state index is 0.310. The Balaban J connectivity index is 4.35. The first-order chi connectivity index (χ1) is 5.89. The molecule has 0 aromatic carbocycles. The molecule has 0 fully saturated rings. The Kier molecular flexibility index (Phi) is 7.06. The number of hydrogen-bond donors (Lipinski definition) is 0. The molecule has 13 heavy (non-hydrogen) atoms. The van der Waals surface area contributed by atoms with E-state index >= 15 is 0 Å². The van der Waals surface area contributed by atoms with E-state index in [2.05, 4.69) is 27.7 Å². The molecule has 80 valence electrons. The lowest BCUT2D eigenvalue weighted by atomic mass is 10.1. The van der Waals surface area contributed by atoms with Crippen LogP contribution in [0.5, 0.6) is 0 Å². The molecule has 0 amide bonds. The molecule has 0 aromatic rings. The highest BCUT2D eigenvalue weighted by atomic mass is 35.5. The van der Waals surface area contributed by atoms with Crippen molar-refractivity contribution in [1.29, 1.82) is 0 Å². The fraction of sp³-hybridized carbons (Fsp3) is 1.00. The molecule has 0 rings (SSSR count). The number of rotatable bonds is 6. The SMILES string of the molecule is CCC(C)(C)SP(=S)(CC)SCCl. The van der Waals surface area contributed by atoms with Gasteiger partial charge in [0.15, 0.2) is 0 Å². The Morgan fingerprint density at radius 1 is 1.38 bits per heavy atom. The summed E-state index contributed by atoms with van der Waals surface area (Å²) in [5, 5.41) is 0.637.